The molecule has 1 heterocycles. The lowest BCUT2D eigenvalue weighted by Crippen LogP contribution is -2.38. The van der Waals surface area contributed by atoms with Gasteiger partial charge in [0.05, 0.1) is 0 Å². The molecule has 1 saturated heterocycles. The first-order valence-electron chi connectivity index (χ1n) is 6.97. The van der Waals surface area contributed by atoms with Gasteiger partial charge in [-0.3, -0.25) is 4.79 Å². The van der Waals surface area contributed by atoms with Gasteiger partial charge in [0.2, 0.25) is 0 Å². The Morgan fingerprint density at radius 3 is 2.38 bits per heavy atom. The fraction of sp³-hybridized carbons (Fsp3) is 0.533. The van der Waals surface area contributed by atoms with Crippen molar-refractivity contribution in [2.24, 2.45) is 5.92 Å². The maximum atomic E-state index is 13.8. The molecule has 0 atom stereocenters. The van der Waals surface area contributed by atoms with Gasteiger partial charge in [0, 0.05) is 18.1 Å². The van der Waals surface area contributed by atoms with Crippen molar-refractivity contribution in [3.8, 4) is 0 Å². The minimum absolute atomic E-state index is 0.284. The van der Waals surface area contributed by atoms with Crippen molar-refractivity contribution in [2.45, 2.75) is 12.8 Å². The van der Waals surface area contributed by atoms with E-state index in [9.17, 15) is 13.6 Å². The van der Waals surface area contributed by atoms with Crippen LogP contribution in [0.15, 0.2) is 16.6 Å². The highest BCUT2D eigenvalue weighted by Crippen LogP contribution is 2.22. The number of hydrogen-bond donors (Lipinski definition) is 0. The van der Waals surface area contributed by atoms with Gasteiger partial charge in [-0.2, -0.15) is 0 Å². The third-order valence-electron chi connectivity index (χ3n) is 3.94. The summed E-state index contributed by atoms with van der Waals surface area (Å²) in [5.41, 5.74) is -0.478. The summed E-state index contributed by atoms with van der Waals surface area (Å²) in [6, 6.07) is 2.22. The van der Waals surface area contributed by atoms with E-state index < -0.39 is 23.1 Å². The van der Waals surface area contributed by atoms with Crippen LogP contribution in [-0.4, -0.2) is 49.4 Å². The van der Waals surface area contributed by atoms with E-state index in [4.69, 9.17) is 0 Å². The Labute approximate surface area is 132 Å². The van der Waals surface area contributed by atoms with E-state index in [1.165, 1.54) is 4.90 Å². The third-order valence-corrected chi connectivity index (χ3v) is 4.40. The van der Waals surface area contributed by atoms with Gasteiger partial charge in [0.1, 0.15) is 17.2 Å². The molecule has 3 nitrogen and oxygen atoms in total. The normalized spacial score (nSPS) is 17.0. The molecule has 0 radical (unpaired) electrons. The first-order chi connectivity index (χ1) is 9.88. The van der Waals surface area contributed by atoms with E-state index in [2.05, 4.69) is 27.9 Å². The lowest BCUT2D eigenvalue weighted by molar-refractivity contribution is 0.0737. The molecule has 1 aliphatic heterocycles. The maximum absolute atomic E-state index is 13.8. The Bertz CT molecular complexity index is 507. The molecule has 0 aromatic heterocycles. The molecule has 0 unspecified atom stereocenters. The van der Waals surface area contributed by atoms with Crippen LogP contribution in [0.25, 0.3) is 0 Å². The molecule has 1 aromatic rings. The van der Waals surface area contributed by atoms with Gasteiger partial charge in [0.25, 0.3) is 5.91 Å². The number of hydrogen-bond acceptors (Lipinski definition) is 2. The minimum atomic E-state index is -0.831. The summed E-state index contributed by atoms with van der Waals surface area (Å²) in [6.45, 7) is 2.52. The predicted molar refractivity (Wildman–Crippen MR) is 81.2 cm³/mol. The number of likely N-dealkylation sites (tertiary alicyclic amines) is 1. The van der Waals surface area contributed by atoms with Crippen molar-refractivity contribution in [3.63, 3.8) is 0 Å². The molecular formula is C15H19BrF2N2O. The second kappa shape index (κ2) is 6.83. The SMILES string of the molecule is CN1CCC(CN(C)C(=O)c2c(F)cc(Br)cc2F)CC1. The summed E-state index contributed by atoms with van der Waals surface area (Å²) >= 11 is 3.01. The zero-order valence-corrected chi connectivity index (χ0v) is 13.8. The van der Waals surface area contributed by atoms with E-state index >= 15 is 0 Å². The fourth-order valence-electron chi connectivity index (χ4n) is 2.65. The van der Waals surface area contributed by atoms with Crippen molar-refractivity contribution in [3.05, 3.63) is 33.8 Å². The molecule has 0 N–H and O–H groups in total. The van der Waals surface area contributed by atoms with Gasteiger partial charge in [0.15, 0.2) is 0 Å². The quantitative estimate of drug-likeness (QED) is 0.826. The fourth-order valence-corrected chi connectivity index (χ4v) is 3.05. The smallest absolute Gasteiger partial charge is 0.259 e. The summed E-state index contributed by atoms with van der Waals surface area (Å²) in [4.78, 5) is 15.9. The molecule has 21 heavy (non-hydrogen) atoms. The first-order valence-corrected chi connectivity index (χ1v) is 7.76. The van der Waals surface area contributed by atoms with Gasteiger partial charge in [-0.15, -0.1) is 0 Å². The number of amides is 1. The Morgan fingerprint density at radius 1 is 1.33 bits per heavy atom. The zero-order chi connectivity index (χ0) is 15.6. The Hall–Kier alpha value is -1.01. The average molecular weight is 361 g/mol. The average Bonchev–Trinajstić information content (AvgIpc) is 2.40. The molecule has 0 bridgehead atoms. The molecule has 1 aliphatic rings. The maximum Gasteiger partial charge on any atom is 0.259 e. The summed E-state index contributed by atoms with van der Waals surface area (Å²) in [7, 11) is 3.67. The van der Waals surface area contributed by atoms with Crippen molar-refractivity contribution >= 4 is 21.8 Å². The van der Waals surface area contributed by atoms with E-state index in [0.29, 0.717) is 12.5 Å². The molecule has 2 rings (SSSR count). The van der Waals surface area contributed by atoms with E-state index in [1.807, 2.05) is 0 Å². The van der Waals surface area contributed by atoms with Crippen LogP contribution in [0.4, 0.5) is 8.78 Å². The van der Waals surface area contributed by atoms with Gasteiger partial charge < -0.3 is 9.80 Å². The number of carbonyl (C=O) groups is 1. The lowest BCUT2D eigenvalue weighted by atomic mass is 9.96. The highest BCUT2D eigenvalue weighted by molar-refractivity contribution is 9.10. The van der Waals surface area contributed by atoms with Crippen LogP contribution in [0, 0.1) is 17.6 Å². The standard InChI is InChI=1S/C15H19BrF2N2O/c1-19-5-3-10(4-6-19)9-20(2)15(21)14-12(17)7-11(16)8-13(14)18/h7-8,10H,3-6,9H2,1-2H3. The molecule has 1 aromatic carbocycles. The van der Waals surface area contributed by atoms with Gasteiger partial charge in [-0.1, -0.05) is 15.9 Å². The number of benzene rings is 1. The molecular weight excluding hydrogens is 342 g/mol. The summed E-state index contributed by atoms with van der Waals surface area (Å²) in [5, 5.41) is 0. The first kappa shape index (κ1) is 16.4. The van der Waals surface area contributed by atoms with Crippen molar-refractivity contribution in [1.82, 2.24) is 9.80 Å². The zero-order valence-electron chi connectivity index (χ0n) is 12.2. The van der Waals surface area contributed by atoms with E-state index in [-0.39, 0.29) is 4.47 Å². The largest absolute Gasteiger partial charge is 0.341 e. The van der Waals surface area contributed by atoms with E-state index in [0.717, 1.165) is 38.1 Å². The van der Waals surface area contributed by atoms with Crippen molar-refractivity contribution in [1.29, 1.82) is 0 Å². The molecule has 1 amide bonds. The summed E-state index contributed by atoms with van der Waals surface area (Å²) in [5.74, 6) is -1.88. The van der Waals surface area contributed by atoms with Crippen LogP contribution in [-0.2, 0) is 0 Å². The van der Waals surface area contributed by atoms with Crippen LogP contribution in [0.5, 0.6) is 0 Å². The summed E-state index contributed by atoms with van der Waals surface area (Å²) in [6.07, 6.45) is 2.00. The van der Waals surface area contributed by atoms with Crippen molar-refractivity contribution in [2.75, 3.05) is 33.7 Å². The molecule has 0 aliphatic carbocycles. The van der Waals surface area contributed by atoms with Crippen molar-refractivity contribution < 1.29 is 13.6 Å². The Balaban J connectivity index is 2.06. The lowest BCUT2D eigenvalue weighted by Gasteiger charge is -2.31. The number of carbonyl (C=O) groups excluding carboxylic acids is 1. The molecule has 0 saturated carbocycles. The van der Waals surface area contributed by atoms with Crippen LogP contribution >= 0.6 is 15.9 Å². The highest BCUT2D eigenvalue weighted by Gasteiger charge is 2.25. The monoisotopic (exact) mass is 360 g/mol. The van der Waals surface area contributed by atoms with E-state index in [1.54, 1.807) is 7.05 Å². The number of nitrogens with zero attached hydrogens (tertiary/aromatic N) is 2. The number of halogens is 3. The van der Waals surface area contributed by atoms with Gasteiger partial charge in [-0.25, -0.2) is 8.78 Å². The van der Waals surface area contributed by atoms with Gasteiger partial charge in [-0.05, 0) is 51.0 Å². The molecule has 0 spiro atoms. The Morgan fingerprint density at radius 2 is 1.86 bits per heavy atom. The highest BCUT2D eigenvalue weighted by atomic mass is 79.9. The second-order valence-corrected chi connectivity index (χ2v) is 6.59. The van der Waals surface area contributed by atoms with Crippen LogP contribution in [0.3, 0.4) is 0 Å². The van der Waals surface area contributed by atoms with Crippen LogP contribution in [0.2, 0.25) is 0 Å². The third kappa shape index (κ3) is 4.01. The van der Waals surface area contributed by atoms with Gasteiger partial charge >= 0.3 is 0 Å². The van der Waals surface area contributed by atoms with Crippen LogP contribution in [0.1, 0.15) is 23.2 Å². The Kier molecular flexibility index (Phi) is 5.32. The molecule has 6 heteroatoms. The number of piperidine rings is 1. The second-order valence-electron chi connectivity index (χ2n) is 5.68. The topological polar surface area (TPSA) is 23.6 Å². The summed E-state index contributed by atoms with van der Waals surface area (Å²) < 4.78 is 27.9. The molecule has 1 fully saturated rings. The minimum Gasteiger partial charge on any atom is -0.341 e. The number of rotatable bonds is 3. The molecule has 116 valence electrons. The van der Waals surface area contributed by atoms with Crippen LogP contribution < -0.4 is 0 Å². The predicted octanol–water partition coefficient (Wildman–Crippen LogP) is 3.14.